The zero-order chi connectivity index (χ0) is 15.1. The topological polar surface area (TPSA) is 57.8 Å². The van der Waals surface area contributed by atoms with E-state index in [1.807, 2.05) is 31.2 Å². The van der Waals surface area contributed by atoms with E-state index < -0.39 is 0 Å². The molecule has 1 amide bonds. The van der Waals surface area contributed by atoms with Gasteiger partial charge < -0.3 is 10.3 Å². The summed E-state index contributed by atoms with van der Waals surface area (Å²) in [4.78, 5) is 18.9. The number of aromatic amines is 1. The van der Waals surface area contributed by atoms with Crippen LogP contribution in [0.25, 0.3) is 0 Å². The Labute approximate surface area is 133 Å². The van der Waals surface area contributed by atoms with Crippen LogP contribution in [0.1, 0.15) is 11.3 Å². The highest BCUT2D eigenvalue weighted by Gasteiger charge is 2.04. The summed E-state index contributed by atoms with van der Waals surface area (Å²) >= 11 is 6.40. The fourth-order valence-electron chi connectivity index (χ4n) is 1.81. The van der Waals surface area contributed by atoms with Gasteiger partial charge in [-0.3, -0.25) is 4.79 Å². The minimum Gasteiger partial charge on any atom is -0.355 e. The van der Waals surface area contributed by atoms with Gasteiger partial charge in [-0.15, -0.1) is 0 Å². The van der Waals surface area contributed by atoms with Gasteiger partial charge in [0.05, 0.1) is 5.75 Å². The first-order valence-electron chi connectivity index (χ1n) is 6.65. The Morgan fingerprint density at radius 1 is 1.38 bits per heavy atom. The fourth-order valence-corrected chi connectivity index (χ4v) is 2.92. The molecule has 0 bridgehead atoms. The van der Waals surface area contributed by atoms with E-state index in [1.165, 1.54) is 17.3 Å². The Hall–Kier alpha value is -1.66. The number of aryl methyl sites for hydroxylation is 1. The van der Waals surface area contributed by atoms with Gasteiger partial charge in [0.15, 0.2) is 4.77 Å². The summed E-state index contributed by atoms with van der Waals surface area (Å²) in [5, 5.41) is 3.68. The van der Waals surface area contributed by atoms with Crippen LogP contribution in [0.15, 0.2) is 41.4 Å². The zero-order valence-electron chi connectivity index (χ0n) is 11.8. The van der Waals surface area contributed by atoms with Crippen LogP contribution in [0.2, 0.25) is 0 Å². The molecule has 6 heteroatoms. The molecule has 0 unspecified atom stereocenters. The minimum atomic E-state index is 0.00846. The van der Waals surface area contributed by atoms with Crippen molar-refractivity contribution in [3.8, 4) is 0 Å². The zero-order valence-corrected chi connectivity index (χ0v) is 13.4. The lowest BCUT2D eigenvalue weighted by Gasteiger charge is -2.05. The van der Waals surface area contributed by atoms with E-state index in [2.05, 4.69) is 27.4 Å². The van der Waals surface area contributed by atoms with Crippen LogP contribution in [0, 0.1) is 11.7 Å². The molecule has 0 aliphatic heterocycles. The second-order valence-corrected chi connectivity index (χ2v) is 5.96. The largest absolute Gasteiger partial charge is 0.355 e. The van der Waals surface area contributed by atoms with Crippen molar-refractivity contribution in [2.75, 3.05) is 12.3 Å². The first-order valence-corrected chi connectivity index (χ1v) is 8.04. The second kappa shape index (κ2) is 7.95. The number of hydrogen-bond acceptors (Lipinski definition) is 4. The van der Waals surface area contributed by atoms with Crippen LogP contribution >= 0.6 is 24.0 Å². The van der Waals surface area contributed by atoms with E-state index in [0.717, 1.165) is 17.1 Å². The van der Waals surface area contributed by atoms with E-state index in [4.69, 9.17) is 12.2 Å². The first-order chi connectivity index (χ1) is 10.1. The predicted octanol–water partition coefficient (Wildman–Crippen LogP) is 2.90. The molecule has 0 spiro atoms. The molecule has 0 aliphatic rings. The summed E-state index contributed by atoms with van der Waals surface area (Å²) in [5.74, 6) is 0.356. The quantitative estimate of drug-likeness (QED) is 0.488. The predicted molar refractivity (Wildman–Crippen MR) is 88.0 cm³/mol. The SMILES string of the molecule is Cc1cc(SCC(=O)NCCc2ccccc2)nc(=S)[nH]1. The average Bonchev–Trinajstić information content (AvgIpc) is 2.45. The number of carbonyl (C=O) groups excluding carboxylic acids is 1. The van der Waals surface area contributed by atoms with Crippen molar-refractivity contribution in [3.63, 3.8) is 0 Å². The standard InChI is InChI=1S/C15H17N3OS2/c1-11-9-14(18-15(20)17-11)21-10-13(19)16-8-7-12-5-3-2-4-6-12/h2-6,9H,7-8,10H2,1H3,(H,16,19)(H,17,18,20). The number of carbonyl (C=O) groups is 1. The molecule has 2 N–H and O–H groups in total. The molecular formula is C15H17N3OS2. The number of thioether (sulfide) groups is 1. The average molecular weight is 319 g/mol. The number of benzene rings is 1. The highest BCUT2D eigenvalue weighted by molar-refractivity contribution is 7.99. The van der Waals surface area contributed by atoms with Crippen LogP contribution in [0.3, 0.4) is 0 Å². The number of nitrogens with zero attached hydrogens (tertiary/aromatic N) is 1. The van der Waals surface area contributed by atoms with Crippen LogP contribution in [-0.4, -0.2) is 28.2 Å². The highest BCUT2D eigenvalue weighted by atomic mass is 32.2. The lowest BCUT2D eigenvalue weighted by Crippen LogP contribution is -2.27. The molecule has 0 atom stereocenters. The molecular weight excluding hydrogens is 302 g/mol. The molecule has 0 saturated heterocycles. The molecule has 1 heterocycles. The third-order valence-corrected chi connectivity index (χ3v) is 3.89. The summed E-state index contributed by atoms with van der Waals surface area (Å²) in [6.45, 7) is 2.56. The summed E-state index contributed by atoms with van der Waals surface area (Å²) in [6, 6.07) is 12.0. The summed E-state index contributed by atoms with van der Waals surface area (Å²) < 4.78 is 0.446. The molecule has 1 aromatic carbocycles. The first kappa shape index (κ1) is 15.7. The summed E-state index contributed by atoms with van der Waals surface area (Å²) in [6.07, 6.45) is 0.839. The van der Waals surface area contributed by atoms with Gasteiger partial charge in [0, 0.05) is 12.2 Å². The number of rotatable bonds is 6. The maximum absolute atomic E-state index is 11.8. The number of hydrogen-bond donors (Lipinski definition) is 2. The van der Waals surface area contributed by atoms with E-state index in [-0.39, 0.29) is 5.91 Å². The Kier molecular flexibility index (Phi) is 5.95. The van der Waals surface area contributed by atoms with Crippen molar-refractivity contribution >= 4 is 29.9 Å². The lowest BCUT2D eigenvalue weighted by atomic mass is 10.1. The lowest BCUT2D eigenvalue weighted by molar-refractivity contribution is -0.118. The molecule has 0 aliphatic carbocycles. The Morgan fingerprint density at radius 3 is 2.86 bits per heavy atom. The van der Waals surface area contributed by atoms with Crippen LogP contribution in [-0.2, 0) is 11.2 Å². The normalized spacial score (nSPS) is 10.3. The molecule has 21 heavy (non-hydrogen) atoms. The number of amides is 1. The summed E-state index contributed by atoms with van der Waals surface area (Å²) in [7, 11) is 0. The second-order valence-electron chi connectivity index (χ2n) is 4.58. The smallest absolute Gasteiger partial charge is 0.230 e. The highest BCUT2D eigenvalue weighted by Crippen LogP contribution is 2.14. The molecule has 0 fully saturated rings. The van der Waals surface area contributed by atoms with Gasteiger partial charge in [0.2, 0.25) is 5.91 Å². The maximum Gasteiger partial charge on any atom is 0.230 e. The van der Waals surface area contributed by atoms with Crippen molar-refractivity contribution in [2.24, 2.45) is 0 Å². The monoisotopic (exact) mass is 319 g/mol. The van der Waals surface area contributed by atoms with Crippen molar-refractivity contribution in [2.45, 2.75) is 18.4 Å². The van der Waals surface area contributed by atoms with Crippen molar-refractivity contribution in [1.29, 1.82) is 0 Å². The van der Waals surface area contributed by atoms with Gasteiger partial charge >= 0.3 is 0 Å². The van der Waals surface area contributed by atoms with Gasteiger partial charge in [-0.1, -0.05) is 42.1 Å². The van der Waals surface area contributed by atoms with Crippen molar-refractivity contribution in [3.05, 3.63) is 52.4 Å². The Morgan fingerprint density at radius 2 is 2.14 bits per heavy atom. The van der Waals surface area contributed by atoms with Gasteiger partial charge in [0.25, 0.3) is 0 Å². The number of nitrogens with one attached hydrogen (secondary N) is 2. The van der Waals surface area contributed by atoms with E-state index in [9.17, 15) is 4.79 Å². The van der Waals surface area contributed by atoms with Gasteiger partial charge in [-0.2, -0.15) is 0 Å². The molecule has 110 valence electrons. The van der Waals surface area contributed by atoms with Gasteiger partial charge in [0.1, 0.15) is 5.03 Å². The maximum atomic E-state index is 11.8. The van der Waals surface area contributed by atoms with Crippen LogP contribution in [0.4, 0.5) is 0 Å². The molecule has 4 nitrogen and oxygen atoms in total. The number of aromatic nitrogens is 2. The van der Waals surface area contributed by atoms with Crippen molar-refractivity contribution in [1.82, 2.24) is 15.3 Å². The molecule has 2 rings (SSSR count). The van der Waals surface area contributed by atoms with Crippen LogP contribution in [0.5, 0.6) is 0 Å². The van der Waals surface area contributed by atoms with E-state index in [1.54, 1.807) is 0 Å². The fraction of sp³-hybridized carbons (Fsp3) is 0.267. The van der Waals surface area contributed by atoms with E-state index in [0.29, 0.717) is 17.1 Å². The van der Waals surface area contributed by atoms with E-state index >= 15 is 0 Å². The summed E-state index contributed by atoms with van der Waals surface area (Å²) in [5.41, 5.74) is 2.17. The molecule has 0 saturated carbocycles. The third kappa shape index (κ3) is 5.69. The Balaban J connectivity index is 1.73. The number of H-pyrrole nitrogens is 1. The third-order valence-electron chi connectivity index (χ3n) is 2.79. The van der Waals surface area contributed by atoms with Gasteiger partial charge in [-0.25, -0.2) is 4.98 Å². The molecule has 2 aromatic rings. The van der Waals surface area contributed by atoms with Crippen molar-refractivity contribution < 1.29 is 4.79 Å². The van der Waals surface area contributed by atoms with Crippen LogP contribution < -0.4 is 5.32 Å². The molecule has 1 aromatic heterocycles. The van der Waals surface area contributed by atoms with Gasteiger partial charge in [-0.05, 0) is 37.2 Å². The molecule has 0 radical (unpaired) electrons. The Bertz CT molecular complexity index is 655. The minimum absolute atomic E-state index is 0.00846.